The number of carboxylic acids is 1. The summed E-state index contributed by atoms with van der Waals surface area (Å²) >= 11 is 0. The molecule has 0 aromatic heterocycles. The lowest BCUT2D eigenvalue weighted by Crippen LogP contribution is -2.30. The van der Waals surface area contributed by atoms with E-state index in [0.717, 1.165) is 39.1 Å². The molecule has 0 unspecified atom stereocenters. The van der Waals surface area contributed by atoms with Crippen LogP contribution in [-0.4, -0.2) is 44.0 Å². The summed E-state index contributed by atoms with van der Waals surface area (Å²) in [6.07, 6.45) is 2.24. The predicted molar refractivity (Wildman–Crippen MR) is 75.3 cm³/mol. The average Bonchev–Trinajstić information content (AvgIpc) is 2.48. The smallest absolute Gasteiger partial charge is 0.335 e. The van der Waals surface area contributed by atoms with E-state index in [1.165, 1.54) is 0 Å². The number of carboxylic acid groups (broad SMARTS) is 1. The van der Waals surface area contributed by atoms with Crippen LogP contribution in [0, 0.1) is 5.92 Å². The summed E-state index contributed by atoms with van der Waals surface area (Å²) in [5.74, 6) is 0.352. The molecule has 0 spiro atoms. The Bertz CT molecular complexity index is 430. The average molecular weight is 279 g/mol. The summed E-state index contributed by atoms with van der Waals surface area (Å²) in [6.45, 7) is 4.01. The highest BCUT2D eigenvalue weighted by atomic mass is 16.5. The van der Waals surface area contributed by atoms with E-state index in [1.807, 2.05) is 0 Å². The first kappa shape index (κ1) is 14.8. The predicted octanol–water partition coefficient (Wildman–Crippen LogP) is 1.78. The summed E-state index contributed by atoms with van der Waals surface area (Å²) in [4.78, 5) is 10.8. The van der Waals surface area contributed by atoms with Crippen LogP contribution >= 0.6 is 0 Å². The largest absolute Gasteiger partial charge is 0.492 e. The Balaban J connectivity index is 1.63. The molecule has 0 aliphatic carbocycles. The number of hydrogen-bond acceptors (Lipinski definition) is 4. The van der Waals surface area contributed by atoms with Gasteiger partial charge in [0.15, 0.2) is 0 Å². The lowest BCUT2D eigenvalue weighted by atomic mass is 10.0. The van der Waals surface area contributed by atoms with Crippen LogP contribution in [0.2, 0.25) is 0 Å². The number of hydrogen-bond donors (Lipinski definition) is 2. The summed E-state index contributed by atoms with van der Waals surface area (Å²) in [7, 11) is 0. The molecule has 110 valence electrons. The van der Waals surface area contributed by atoms with Crippen molar-refractivity contribution in [2.45, 2.75) is 12.8 Å². The standard InChI is InChI=1S/C15H21NO4/c17-15(18)13-2-1-3-14(10-13)20-9-6-16-11-12-4-7-19-8-5-12/h1-3,10,12,16H,4-9,11H2,(H,17,18). The molecule has 0 saturated carbocycles. The SMILES string of the molecule is O=C(O)c1cccc(OCCNCC2CCOCC2)c1. The molecule has 1 saturated heterocycles. The van der Waals surface area contributed by atoms with Crippen molar-refractivity contribution in [2.75, 3.05) is 32.9 Å². The van der Waals surface area contributed by atoms with Crippen LogP contribution in [0.4, 0.5) is 0 Å². The maximum absolute atomic E-state index is 10.8. The molecule has 0 radical (unpaired) electrons. The van der Waals surface area contributed by atoms with Crippen molar-refractivity contribution < 1.29 is 19.4 Å². The van der Waals surface area contributed by atoms with Crippen molar-refractivity contribution in [1.29, 1.82) is 0 Å². The van der Waals surface area contributed by atoms with E-state index in [0.29, 0.717) is 18.3 Å². The molecule has 2 rings (SSSR count). The second-order valence-corrected chi connectivity index (χ2v) is 4.94. The normalized spacial score (nSPS) is 16.0. The van der Waals surface area contributed by atoms with Crippen molar-refractivity contribution >= 4 is 5.97 Å². The van der Waals surface area contributed by atoms with Gasteiger partial charge in [0.1, 0.15) is 12.4 Å². The van der Waals surface area contributed by atoms with E-state index in [1.54, 1.807) is 24.3 Å². The van der Waals surface area contributed by atoms with Gasteiger partial charge in [-0.3, -0.25) is 0 Å². The minimum atomic E-state index is -0.937. The van der Waals surface area contributed by atoms with Gasteiger partial charge in [-0.2, -0.15) is 0 Å². The maximum Gasteiger partial charge on any atom is 0.335 e. The van der Waals surface area contributed by atoms with E-state index in [-0.39, 0.29) is 5.56 Å². The fourth-order valence-corrected chi connectivity index (χ4v) is 2.22. The van der Waals surface area contributed by atoms with Gasteiger partial charge in [-0.25, -0.2) is 4.79 Å². The van der Waals surface area contributed by atoms with E-state index in [9.17, 15) is 4.79 Å². The molecule has 1 aliphatic rings. The number of aromatic carboxylic acids is 1. The molecule has 0 amide bonds. The Labute approximate surface area is 118 Å². The molecule has 0 atom stereocenters. The van der Waals surface area contributed by atoms with Crippen LogP contribution in [0.3, 0.4) is 0 Å². The molecule has 1 aromatic carbocycles. The molecular weight excluding hydrogens is 258 g/mol. The minimum Gasteiger partial charge on any atom is -0.492 e. The van der Waals surface area contributed by atoms with Crippen molar-refractivity contribution in [1.82, 2.24) is 5.32 Å². The fourth-order valence-electron chi connectivity index (χ4n) is 2.22. The van der Waals surface area contributed by atoms with E-state index >= 15 is 0 Å². The summed E-state index contributed by atoms with van der Waals surface area (Å²) < 4.78 is 10.9. The Kier molecular flexibility index (Phi) is 5.83. The second kappa shape index (κ2) is 7.87. The number of ether oxygens (including phenoxy) is 2. The molecule has 5 nitrogen and oxygen atoms in total. The van der Waals surface area contributed by atoms with Gasteiger partial charge in [-0.05, 0) is 43.5 Å². The van der Waals surface area contributed by atoms with Gasteiger partial charge in [0.05, 0.1) is 5.56 Å². The van der Waals surface area contributed by atoms with Crippen molar-refractivity contribution in [3.8, 4) is 5.75 Å². The lowest BCUT2D eigenvalue weighted by molar-refractivity contribution is 0.0660. The van der Waals surface area contributed by atoms with Crippen LogP contribution in [-0.2, 0) is 4.74 Å². The molecule has 1 heterocycles. The molecule has 1 aromatic rings. The van der Waals surface area contributed by atoms with E-state index in [2.05, 4.69) is 5.32 Å². The molecule has 5 heteroatoms. The van der Waals surface area contributed by atoms with Crippen LogP contribution < -0.4 is 10.1 Å². The van der Waals surface area contributed by atoms with Gasteiger partial charge in [0.25, 0.3) is 0 Å². The highest BCUT2D eigenvalue weighted by Gasteiger charge is 2.12. The van der Waals surface area contributed by atoms with Crippen molar-refractivity contribution in [3.63, 3.8) is 0 Å². The topological polar surface area (TPSA) is 67.8 Å². The molecule has 0 bridgehead atoms. The number of benzene rings is 1. The van der Waals surface area contributed by atoms with Gasteiger partial charge in [0, 0.05) is 19.8 Å². The number of nitrogens with one attached hydrogen (secondary N) is 1. The van der Waals surface area contributed by atoms with Gasteiger partial charge >= 0.3 is 5.97 Å². The van der Waals surface area contributed by atoms with Crippen molar-refractivity contribution in [2.24, 2.45) is 5.92 Å². The Morgan fingerprint density at radius 3 is 2.95 bits per heavy atom. The van der Waals surface area contributed by atoms with Gasteiger partial charge < -0.3 is 19.9 Å². The third-order valence-electron chi connectivity index (χ3n) is 3.40. The zero-order valence-electron chi connectivity index (χ0n) is 11.5. The zero-order chi connectivity index (χ0) is 14.2. The monoisotopic (exact) mass is 279 g/mol. The minimum absolute atomic E-state index is 0.248. The number of rotatable bonds is 7. The molecule has 20 heavy (non-hydrogen) atoms. The summed E-state index contributed by atoms with van der Waals surface area (Å²) in [5.41, 5.74) is 0.248. The quantitative estimate of drug-likeness (QED) is 0.745. The van der Waals surface area contributed by atoms with Gasteiger partial charge in [-0.1, -0.05) is 6.07 Å². The molecule has 1 aliphatic heterocycles. The molecule has 2 N–H and O–H groups in total. The third kappa shape index (κ3) is 4.83. The van der Waals surface area contributed by atoms with E-state index < -0.39 is 5.97 Å². The van der Waals surface area contributed by atoms with E-state index in [4.69, 9.17) is 14.6 Å². The molecular formula is C15H21NO4. The first-order valence-electron chi connectivity index (χ1n) is 7.00. The summed E-state index contributed by atoms with van der Waals surface area (Å²) in [5, 5.41) is 12.3. The Morgan fingerprint density at radius 2 is 2.20 bits per heavy atom. The fraction of sp³-hybridized carbons (Fsp3) is 0.533. The highest BCUT2D eigenvalue weighted by Crippen LogP contribution is 2.14. The second-order valence-electron chi connectivity index (χ2n) is 4.94. The van der Waals surface area contributed by atoms with Crippen LogP contribution in [0.25, 0.3) is 0 Å². The third-order valence-corrected chi connectivity index (χ3v) is 3.40. The number of carbonyl (C=O) groups is 1. The maximum atomic E-state index is 10.8. The first-order valence-corrected chi connectivity index (χ1v) is 7.00. The lowest BCUT2D eigenvalue weighted by Gasteiger charge is -2.22. The van der Waals surface area contributed by atoms with Crippen LogP contribution in [0.5, 0.6) is 5.75 Å². The van der Waals surface area contributed by atoms with Crippen LogP contribution in [0.1, 0.15) is 23.2 Å². The highest BCUT2D eigenvalue weighted by molar-refractivity contribution is 5.87. The van der Waals surface area contributed by atoms with Crippen LogP contribution in [0.15, 0.2) is 24.3 Å². The van der Waals surface area contributed by atoms with Crippen molar-refractivity contribution in [3.05, 3.63) is 29.8 Å². The van der Waals surface area contributed by atoms with Gasteiger partial charge in [-0.15, -0.1) is 0 Å². The van der Waals surface area contributed by atoms with Gasteiger partial charge in [0.2, 0.25) is 0 Å². The Morgan fingerprint density at radius 1 is 1.40 bits per heavy atom. The Hall–Kier alpha value is -1.59. The summed E-state index contributed by atoms with van der Waals surface area (Å²) in [6, 6.07) is 6.55. The first-order chi connectivity index (χ1) is 9.75. The zero-order valence-corrected chi connectivity index (χ0v) is 11.5. The molecule has 1 fully saturated rings.